The minimum absolute atomic E-state index is 0.457. The number of ether oxygens (including phenoxy) is 1. The highest BCUT2D eigenvalue weighted by atomic mass is 16.5. The Morgan fingerprint density at radius 3 is 2.93 bits per heavy atom. The van der Waals surface area contributed by atoms with Crippen molar-refractivity contribution >= 4 is 0 Å². The zero-order valence-corrected chi connectivity index (χ0v) is 9.86. The van der Waals surface area contributed by atoms with E-state index in [4.69, 9.17) is 4.74 Å². The van der Waals surface area contributed by atoms with Gasteiger partial charge in [-0.2, -0.15) is 0 Å². The third-order valence-electron chi connectivity index (χ3n) is 2.57. The van der Waals surface area contributed by atoms with E-state index < -0.39 is 0 Å². The first-order valence-electron chi connectivity index (χ1n) is 5.48. The van der Waals surface area contributed by atoms with Gasteiger partial charge in [0.25, 0.3) is 0 Å². The van der Waals surface area contributed by atoms with Crippen LogP contribution < -0.4 is 5.32 Å². The van der Waals surface area contributed by atoms with E-state index in [0.717, 1.165) is 31.9 Å². The molecule has 0 saturated carbocycles. The molecule has 1 heterocycles. The molecule has 0 aromatic carbocycles. The van der Waals surface area contributed by atoms with E-state index in [1.807, 2.05) is 19.3 Å². The van der Waals surface area contributed by atoms with Crippen molar-refractivity contribution in [3.05, 3.63) is 18.2 Å². The molecule has 15 heavy (non-hydrogen) atoms. The van der Waals surface area contributed by atoms with Crippen LogP contribution in [0.5, 0.6) is 0 Å². The molecule has 1 unspecified atom stereocenters. The summed E-state index contributed by atoms with van der Waals surface area (Å²) in [6, 6.07) is 0.457. The van der Waals surface area contributed by atoms with Crippen LogP contribution in [0.4, 0.5) is 0 Å². The van der Waals surface area contributed by atoms with E-state index in [9.17, 15) is 0 Å². The van der Waals surface area contributed by atoms with Gasteiger partial charge in [0.15, 0.2) is 0 Å². The van der Waals surface area contributed by atoms with E-state index >= 15 is 0 Å². The van der Waals surface area contributed by atoms with Gasteiger partial charge in [-0.15, -0.1) is 0 Å². The second-order valence-corrected chi connectivity index (χ2v) is 3.68. The number of methoxy groups -OCH3 is 1. The Morgan fingerprint density at radius 2 is 2.40 bits per heavy atom. The van der Waals surface area contributed by atoms with Gasteiger partial charge in [-0.3, -0.25) is 0 Å². The molecule has 86 valence electrons. The molecule has 1 N–H and O–H groups in total. The van der Waals surface area contributed by atoms with Crippen molar-refractivity contribution < 1.29 is 4.74 Å². The van der Waals surface area contributed by atoms with Crippen molar-refractivity contribution in [1.29, 1.82) is 0 Å². The first-order chi connectivity index (χ1) is 7.27. The fourth-order valence-electron chi connectivity index (χ4n) is 1.55. The molecular weight excluding hydrogens is 190 g/mol. The maximum absolute atomic E-state index is 5.12. The molecule has 1 aromatic rings. The van der Waals surface area contributed by atoms with Crippen LogP contribution in [0.1, 0.15) is 19.2 Å². The van der Waals surface area contributed by atoms with Gasteiger partial charge in [-0.05, 0) is 13.3 Å². The second-order valence-electron chi connectivity index (χ2n) is 3.68. The number of rotatable bonds is 7. The summed E-state index contributed by atoms with van der Waals surface area (Å²) in [5.41, 5.74) is 0. The fourth-order valence-corrected chi connectivity index (χ4v) is 1.55. The molecule has 0 aliphatic heterocycles. The summed E-state index contributed by atoms with van der Waals surface area (Å²) >= 11 is 0. The topological polar surface area (TPSA) is 39.1 Å². The fraction of sp³-hybridized carbons (Fsp3) is 0.727. The summed E-state index contributed by atoms with van der Waals surface area (Å²) in [6.45, 7) is 6.89. The Bertz CT molecular complexity index is 273. The molecule has 0 spiro atoms. The van der Waals surface area contributed by atoms with E-state index in [-0.39, 0.29) is 0 Å². The van der Waals surface area contributed by atoms with Gasteiger partial charge in [0, 0.05) is 38.6 Å². The zero-order valence-electron chi connectivity index (χ0n) is 9.86. The van der Waals surface area contributed by atoms with Crippen LogP contribution in [0.3, 0.4) is 0 Å². The Balaban J connectivity index is 2.23. The number of imidazole rings is 1. The second kappa shape index (κ2) is 6.58. The van der Waals surface area contributed by atoms with Crippen molar-refractivity contribution in [2.75, 3.05) is 20.3 Å². The van der Waals surface area contributed by atoms with E-state index in [1.54, 1.807) is 7.11 Å². The summed E-state index contributed by atoms with van der Waals surface area (Å²) in [6.07, 6.45) is 4.94. The molecule has 4 nitrogen and oxygen atoms in total. The molecule has 1 atom stereocenters. The van der Waals surface area contributed by atoms with Crippen LogP contribution in [-0.4, -0.2) is 35.9 Å². The normalized spacial score (nSPS) is 13.0. The average Bonchev–Trinajstić information content (AvgIpc) is 2.63. The lowest BCUT2D eigenvalue weighted by atomic mass is 10.2. The van der Waals surface area contributed by atoms with Crippen molar-refractivity contribution in [3.8, 4) is 0 Å². The molecule has 0 fully saturated rings. The van der Waals surface area contributed by atoms with Gasteiger partial charge in [-0.1, -0.05) is 6.92 Å². The number of nitrogens with zero attached hydrogens (tertiary/aromatic N) is 2. The number of aromatic nitrogens is 2. The quantitative estimate of drug-likeness (QED) is 0.736. The lowest BCUT2D eigenvalue weighted by Gasteiger charge is -2.16. The molecule has 1 rings (SSSR count). The summed E-state index contributed by atoms with van der Waals surface area (Å²) in [7, 11) is 1.74. The molecular formula is C11H21N3O. The van der Waals surface area contributed by atoms with Gasteiger partial charge in [0.1, 0.15) is 5.82 Å². The Labute approximate surface area is 91.7 Å². The lowest BCUT2D eigenvalue weighted by molar-refractivity contribution is 0.164. The predicted octanol–water partition coefficient (Wildman–Crippen LogP) is 1.21. The molecule has 0 bridgehead atoms. The summed E-state index contributed by atoms with van der Waals surface area (Å²) < 4.78 is 7.27. The minimum atomic E-state index is 0.457. The number of hydrogen-bond acceptors (Lipinski definition) is 3. The van der Waals surface area contributed by atoms with E-state index in [2.05, 4.69) is 21.8 Å². The minimum Gasteiger partial charge on any atom is -0.383 e. The van der Waals surface area contributed by atoms with Crippen LogP contribution >= 0.6 is 0 Å². The first kappa shape index (κ1) is 12.2. The number of aryl methyl sites for hydroxylation is 1. The maximum atomic E-state index is 5.12. The zero-order chi connectivity index (χ0) is 11.1. The highest BCUT2D eigenvalue weighted by Crippen LogP contribution is 1.95. The van der Waals surface area contributed by atoms with Crippen molar-refractivity contribution in [2.45, 2.75) is 32.9 Å². The highest BCUT2D eigenvalue weighted by Gasteiger charge is 2.04. The monoisotopic (exact) mass is 211 g/mol. The molecule has 0 aliphatic carbocycles. The lowest BCUT2D eigenvalue weighted by Crippen LogP contribution is -2.34. The predicted molar refractivity (Wildman–Crippen MR) is 60.9 cm³/mol. The van der Waals surface area contributed by atoms with Gasteiger partial charge in [0.2, 0.25) is 0 Å². The third kappa shape index (κ3) is 4.01. The van der Waals surface area contributed by atoms with Crippen LogP contribution in [-0.2, 0) is 11.3 Å². The van der Waals surface area contributed by atoms with Crippen LogP contribution in [0, 0.1) is 6.92 Å². The van der Waals surface area contributed by atoms with Crippen molar-refractivity contribution in [3.63, 3.8) is 0 Å². The van der Waals surface area contributed by atoms with Gasteiger partial charge >= 0.3 is 0 Å². The smallest absolute Gasteiger partial charge is 0.105 e. The van der Waals surface area contributed by atoms with Gasteiger partial charge in [-0.25, -0.2) is 4.98 Å². The van der Waals surface area contributed by atoms with Gasteiger partial charge in [0.05, 0.1) is 6.61 Å². The number of nitrogens with one attached hydrogen (secondary N) is 1. The number of hydrogen-bond donors (Lipinski definition) is 1. The molecule has 0 aliphatic rings. The molecule has 4 heteroatoms. The molecule has 1 aromatic heterocycles. The molecule has 0 amide bonds. The summed E-state index contributed by atoms with van der Waals surface area (Å²) in [5.74, 6) is 1.07. The Hall–Kier alpha value is -0.870. The maximum Gasteiger partial charge on any atom is 0.105 e. The van der Waals surface area contributed by atoms with E-state index in [1.165, 1.54) is 0 Å². The first-order valence-corrected chi connectivity index (χ1v) is 5.48. The van der Waals surface area contributed by atoms with E-state index in [0.29, 0.717) is 6.04 Å². The Morgan fingerprint density at radius 1 is 1.60 bits per heavy atom. The van der Waals surface area contributed by atoms with Crippen LogP contribution in [0.25, 0.3) is 0 Å². The summed E-state index contributed by atoms with van der Waals surface area (Å²) in [4.78, 5) is 4.18. The highest BCUT2D eigenvalue weighted by molar-refractivity contribution is 4.88. The molecule has 0 saturated heterocycles. The Kier molecular flexibility index (Phi) is 5.36. The van der Waals surface area contributed by atoms with Crippen molar-refractivity contribution in [2.24, 2.45) is 0 Å². The SMILES string of the molecule is CCC(COC)NCCn1ccnc1C. The van der Waals surface area contributed by atoms with Crippen molar-refractivity contribution in [1.82, 2.24) is 14.9 Å². The van der Waals surface area contributed by atoms with Gasteiger partial charge < -0.3 is 14.6 Å². The summed E-state index contributed by atoms with van der Waals surface area (Å²) in [5, 5.41) is 3.46. The largest absolute Gasteiger partial charge is 0.383 e. The molecule has 0 radical (unpaired) electrons. The average molecular weight is 211 g/mol. The third-order valence-corrected chi connectivity index (χ3v) is 2.57. The standard InChI is InChI=1S/C11H21N3O/c1-4-11(9-15-3)13-6-8-14-7-5-12-10(14)2/h5,7,11,13H,4,6,8-9H2,1-3H3. The van der Waals surface area contributed by atoms with Crippen LogP contribution in [0.2, 0.25) is 0 Å². The van der Waals surface area contributed by atoms with Crippen LogP contribution in [0.15, 0.2) is 12.4 Å².